The monoisotopic (exact) mass is 422 g/mol. The Labute approximate surface area is 151 Å². The highest BCUT2D eigenvalue weighted by Crippen LogP contribution is 2.34. The number of alkyl halides is 3. The highest BCUT2D eigenvalue weighted by Gasteiger charge is 2.38. The van der Waals surface area contributed by atoms with Crippen molar-refractivity contribution in [3.05, 3.63) is 28.2 Å². The molecule has 2 amide bonds. The fourth-order valence-electron chi connectivity index (χ4n) is 2.15. The van der Waals surface area contributed by atoms with E-state index in [9.17, 15) is 22.8 Å². The summed E-state index contributed by atoms with van der Waals surface area (Å²) in [4.78, 5) is 25.4. The van der Waals surface area contributed by atoms with Crippen LogP contribution in [0.4, 0.5) is 23.7 Å². The van der Waals surface area contributed by atoms with E-state index >= 15 is 0 Å². The zero-order chi connectivity index (χ0) is 19.0. The molecule has 0 saturated carbocycles. The van der Waals surface area contributed by atoms with Gasteiger partial charge in [0.05, 0.1) is 17.2 Å². The predicted molar refractivity (Wildman–Crippen MR) is 89.1 cm³/mol. The molecule has 1 heterocycles. The molecule has 1 N–H and O–H groups in total. The van der Waals surface area contributed by atoms with Crippen LogP contribution in [0.3, 0.4) is 0 Å². The molecule has 0 spiro atoms. The highest BCUT2D eigenvalue weighted by atomic mass is 79.9. The van der Waals surface area contributed by atoms with Gasteiger partial charge in [-0.05, 0) is 54.9 Å². The Bertz CT molecular complexity index is 680. The third-order valence-corrected chi connectivity index (χ3v) is 4.15. The Kier molecular flexibility index (Phi) is 5.36. The summed E-state index contributed by atoms with van der Waals surface area (Å²) in [6.07, 6.45) is -5.01. The second-order valence-corrected chi connectivity index (χ2v) is 7.62. The summed E-state index contributed by atoms with van der Waals surface area (Å²) >= 11 is 3.12. The predicted octanol–water partition coefficient (Wildman–Crippen LogP) is 4.27. The first-order chi connectivity index (χ1) is 11.4. The van der Waals surface area contributed by atoms with E-state index in [2.05, 4.69) is 21.2 Å². The van der Waals surface area contributed by atoms with Gasteiger partial charge in [-0.3, -0.25) is 4.79 Å². The molecular weight excluding hydrogens is 405 g/mol. The first-order valence-electron chi connectivity index (χ1n) is 7.52. The Hall–Kier alpha value is -1.77. The number of rotatable bonds is 2. The Morgan fingerprint density at radius 2 is 1.84 bits per heavy atom. The van der Waals surface area contributed by atoms with Crippen molar-refractivity contribution in [2.24, 2.45) is 5.92 Å². The van der Waals surface area contributed by atoms with Gasteiger partial charge in [-0.15, -0.1) is 0 Å². The molecule has 0 aliphatic carbocycles. The van der Waals surface area contributed by atoms with Crippen molar-refractivity contribution >= 4 is 33.6 Å². The Morgan fingerprint density at radius 3 is 2.36 bits per heavy atom. The number of hydrogen-bond donors (Lipinski definition) is 1. The van der Waals surface area contributed by atoms with Crippen LogP contribution in [0.1, 0.15) is 26.3 Å². The smallest absolute Gasteiger partial charge is 0.416 e. The first-order valence-corrected chi connectivity index (χ1v) is 8.31. The average Bonchev–Trinajstić information content (AvgIpc) is 2.35. The van der Waals surface area contributed by atoms with Crippen LogP contribution < -0.4 is 5.32 Å². The summed E-state index contributed by atoms with van der Waals surface area (Å²) in [5.41, 5.74) is -1.45. The number of benzene rings is 1. The van der Waals surface area contributed by atoms with E-state index in [1.54, 1.807) is 20.8 Å². The minimum atomic E-state index is -4.50. The van der Waals surface area contributed by atoms with Gasteiger partial charge >= 0.3 is 12.3 Å². The van der Waals surface area contributed by atoms with Gasteiger partial charge in [0.25, 0.3) is 0 Å². The number of carbonyl (C=O) groups is 2. The van der Waals surface area contributed by atoms with Gasteiger partial charge < -0.3 is 15.0 Å². The van der Waals surface area contributed by atoms with Crippen molar-refractivity contribution in [3.63, 3.8) is 0 Å². The molecule has 0 bridgehead atoms. The summed E-state index contributed by atoms with van der Waals surface area (Å²) in [6.45, 7) is 5.54. The van der Waals surface area contributed by atoms with Crippen LogP contribution in [-0.4, -0.2) is 35.6 Å². The minimum absolute atomic E-state index is 0.0375. The van der Waals surface area contributed by atoms with Crippen LogP contribution in [0.2, 0.25) is 0 Å². The fraction of sp³-hybridized carbons (Fsp3) is 0.500. The molecular formula is C16H18BrF3N2O3. The van der Waals surface area contributed by atoms with E-state index < -0.39 is 35.3 Å². The van der Waals surface area contributed by atoms with Crippen LogP contribution in [0, 0.1) is 5.92 Å². The molecule has 9 heteroatoms. The van der Waals surface area contributed by atoms with Crippen molar-refractivity contribution in [2.75, 3.05) is 18.4 Å². The van der Waals surface area contributed by atoms with Crippen molar-refractivity contribution in [2.45, 2.75) is 32.5 Å². The molecule has 1 aromatic carbocycles. The number of anilines is 1. The SMILES string of the molecule is CC(C)(C)OC(=O)N1CC(C(=O)Nc2cc(C(F)(F)F)ccc2Br)C1. The summed E-state index contributed by atoms with van der Waals surface area (Å²) in [6, 6.07) is 3.02. The summed E-state index contributed by atoms with van der Waals surface area (Å²) in [7, 11) is 0. The molecule has 2 rings (SSSR count). The van der Waals surface area contributed by atoms with E-state index in [-0.39, 0.29) is 18.8 Å². The molecule has 0 aromatic heterocycles. The Morgan fingerprint density at radius 1 is 1.24 bits per heavy atom. The number of halogens is 4. The maximum atomic E-state index is 12.8. The molecule has 1 saturated heterocycles. The zero-order valence-electron chi connectivity index (χ0n) is 13.9. The van der Waals surface area contributed by atoms with E-state index in [0.29, 0.717) is 4.47 Å². The lowest BCUT2D eigenvalue weighted by molar-refractivity contribution is -0.137. The number of ether oxygens (including phenoxy) is 1. The third-order valence-electron chi connectivity index (χ3n) is 3.46. The Balaban J connectivity index is 1.95. The van der Waals surface area contributed by atoms with Crippen molar-refractivity contribution < 1.29 is 27.5 Å². The number of hydrogen-bond acceptors (Lipinski definition) is 3. The van der Waals surface area contributed by atoms with Gasteiger partial charge in [-0.1, -0.05) is 0 Å². The standard InChI is InChI=1S/C16H18BrF3N2O3/c1-15(2,3)25-14(24)22-7-9(8-22)13(23)21-12-6-10(16(18,19)20)4-5-11(12)17/h4-6,9H,7-8H2,1-3H3,(H,21,23). The van der Waals surface area contributed by atoms with Gasteiger partial charge in [0.15, 0.2) is 0 Å². The maximum absolute atomic E-state index is 12.8. The lowest BCUT2D eigenvalue weighted by Crippen LogP contribution is -2.55. The topological polar surface area (TPSA) is 58.6 Å². The molecule has 5 nitrogen and oxygen atoms in total. The van der Waals surface area contributed by atoms with Gasteiger partial charge in [0, 0.05) is 17.6 Å². The molecule has 0 atom stereocenters. The van der Waals surface area contributed by atoms with Gasteiger partial charge in [0.1, 0.15) is 5.60 Å². The number of carbonyl (C=O) groups excluding carboxylic acids is 2. The lowest BCUT2D eigenvalue weighted by Gasteiger charge is -2.38. The van der Waals surface area contributed by atoms with Gasteiger partial charge in [-0.25, -0.2) is 4.79 Å². The highest BCUT2D eigenvalue weighted by molar-refractivity contribution is 9.10. The van der Waals surface area contributed by atoms with Gasteiger partial charge in [0.2, 0.25) is 5.91 Å². The summed E-state index contributed by atoms with van der Waals surface area (Å²) in [5, 5.41) is 2.47. The maximum Gasteiger partial charge on any atom is 0.416 e. The second kappa shape index (κ2) is 6.86. The number of nitrogens with one attached hydrogen (secondary N) is 1. The number of likely N-dealkylation sites (tertiary alicyclic amines) is 1. The summed E-state index contributed by atoms with van der Waals surface area (Å²) in [5.74, 6) is -0.936. The molecule has 0 radical (unpaired) electrons. The lowest BCUT2D eigenvalue weighted by atomic mass is 9.99. The van der Waals surface area contributed by atoms with Crippen LogP contribution in [0.25, 0.3) is 0 Å². The van der Waals surface area contributed by atoms with Crippen molar-refractivity contribution in [1.29, 1.82) is 0 Å². The van der Waals surface area contributed by atoms with Gasteiger partial charge in [-0.2, -0.15) is 13.2 Å². The van der Waals surface area contributed by atoms with E-state index in [4.69, 9.17) is 4.74 Å². The van der Waals surface area contributed by atoms with Crippen molar-refractivity contribution in [1.82, 2.24) is 4.90 Å². The summed E-state index contributed by atoms with van der Waals surface area (Å²) < 4.78 is 43.8. The number of amides is 2. The van der Waals surface area contributed by atoms with Crippen LogP contribution in [-0.2, 0) is 15.7 Å². The average molecular weight is 423 g/mol. The van der Waals surface area contributed by atoms with Crippen LogP contribution in [0.5, 0.6) is 0 Å². The molecule has 1 fully saturated rings. The number of nitrogens with zero attached hydrogens (tertiary/aromatic N) is 1. The molecule has 1 aliphatic rings. The fourth-order valence-corrected chi connectivity index (χ4v) is 2.50. The normalized spacial score (nSPS) is 15.6. The quantitative estimate of drug-likeness (QED) is 0.773. The van der Waals surface area contributed by atoms with Crippen LogP contribution in [0.15, 0.2) is 22.7 Å². The second-order valence-electron chi connectivity index (χ2n) is 6.76. The zero-order valence-corrected chi connectivity index (χ0v) is 15.5. The van der Waals surface area contributed by atoms with Crippen LogP contribution >= 0.6 is 15.9 Å². The molecule has 1 aromatic rings. The molecule has 1 aliphatic heterocycles. The third kappa shape index (κ3) is 5.10. The largest absolute Gasteiger partial charge is 0.444 e. The van der Waals surface area contributed by atoms with E-state index in [0.717, 1.165) is 12.1 Å². The minimum Gasteiger partial charge on any atom is -0.444 e. The first kappa shape index (κ1) is 19.6. The van der Waals surface area contributed by atoms with E-state index in [1.165, 1.54) is 11.0 Å². The van der Waals surface area contributed by atoms with Crippen molar-refractivity contribution in [3.8, 4) is 0 Å². The molecule has 138 valence electrons. The molecule has 25 heavy (non-hydrogen) atoms. The van der Waals surface area contributed by atoms with E-state index in [1.807, 2.05) is 0 Å². The molecule has 0 unspecified atom stereocenters.